The highest BCUT2D eigenvalue weighted by atomic mass is 16.5. The molecule has 0 spiro atoms. The van der Waals surface area contributed by atoms with E-state index < -0.39 is 0 Å². The zero-order valence-corrected chi connectivity index (χ0v) is 14.6. The molecule has 3 aromatic rings. The maximum Gasteiger partial charge on any atom is 0.157 e. The number of hydrogen-bond acceptors (Lipinski definition) is 4. The van der Waals surface area contributed by atoms with Gasteiger partial charge >= 0.3 is 0 Å². The van der Waals surface area contributed by atoms with Gasteiger partial charge in [0, 0.05) is 12.1 Å². The summed E-state index contributed by atoms with van der Waals surface area (Å²) in [6.45, 7) is 0.708. The monoisotopic (exact) mass is 348 g/mol. The zero-order valence-electron chi connectivity index (χ0n) is 14.6. The highest BCUT2D eigenvalue weighted by Crippen LogP contribution is 2.34. The highest BCUT2D eigenvalue weighted by Gasteiger charge is 2.14. The SMILES string of the molecule is COc1cc(OCc2ccccc2)c(C=O)c(OCc2ccccc2)c1. The van der Waals surface area contributed by atoms with E-state index in [0.717, 1.165) is 17.4 Å². The third-order valence-corrected chi connectivity index (χ3v) is 3.91. The van der Waals surface area contributed by atoms with Crippen LogP contribution in [0.5, 0.6) is 17.2 Å². The van der Waals surface area contributed by atoms with Crippen LogP contribution in [0.1, 0.15) is 21.5 Å². The molecular weight excluding hydrogens is 328 g/mol. The van der Waals surface area contributed by atoms with Crippen LogP contribution in [0.25, 0.3) is 0 Å². The van der Waals surface area contributed by atoms with Gasteiger partial charge in [-0.05, 0) is 11.1 Å². The Kier molecular flexibility index (Phi) is 5.88. The molecule has 0 saturated heterocycles. The summed E-state index contributed by atoms with van der Waals surface area (Å²) in [5.74, 6) is 1.44. The topological polar surface area (TPSA) is 44.8 Å². The van der Waals surface area contributed by atoms with Crippen molar-refractivity contribution in [1.29, 1.82) is 0 Å². The van der Waals surface area contributed by atoms with Gasteiger partial charge in [0.05, 0.1) is 12.7 Å². The fraction of sp³-hybridized carbons (Fsp3) is 0.136. The molecule has 0 aliphatic carbocycles. The molecule has 3 aromatic carbocycles. The minimum Gasteiger partial charge on any atom is -0.496 e. The quantitative estimate of drug-likeness (QED) is 0.555. The number of carbonyl (C=O) groups excluding carboxylic acids is 1. The Morgan fingerprint density at radius 1 is 0.769 bits per heavy atom. The molecule has 0 N–H and O–H groups in total. The molecule has 0 aliphatic heterocycles. The molecule has 3 rings (SSSR count). The van der Waals surface area contributed by atoms with Crippen LogP contribution in [0.2, 0.25) is 0 Å². The van der Waals surface area contributed by atoms with Gasteiger partial charge in [0.2, 0.25) is 0 Å². The van der Waals surface area contributed by atoms with Gasteiger partial charge in [-0.15, -0.1) is 0 Å². The van der Waals surface area contributed by atoms with Crippen LogP contribution in [0.4, 0.5) is 0 Å². The van der Waals surface area contributed by atoms with Crippen molar-refractivity contribution >= 4 is 6.29 Å². The first kappa shape index (κ1) is 17.5. The normalized spacial score (nSPS) is 10.2. The van der Waals surface area contributed by atoms with E-state index in [-0.39, 0.29) is 0 Å². The number of ether oxygens (including phenoxy) is 3. The lowest BCUT2D eigenvalue weighted by Gasteiger charge is -2.15. The van der Waals surface area contributed by atoms with Crippen LogP contribution in [-0.2, 0) is 13.2 Å². The number of aldehydes is 1. The first-order chi connectivity index (χ1) is 12.8. The first-order valence-corrected chi connectivity index (χ1v) is 8.31. The predicted octanol–water partition coefficient (Wildman–Crippen LogP) is 4.67. The summed E-state index contributed by atoms with van der Waals surface area (Å²) in [5, 5.41) is 0. The van der Waals surface area contributed by atoms with Crippen LogP contribution in [0, 0.1) is 0 Å². The van der Waals surface area contributed by atoms with E-state index in [1.54, 1.807) is 19.2 Å². The van der Waals surface area contributed by atoms with Crippen molar-refractivity contribution in [2.75, 3.05) is 7.11 Å². The fourth-order valence-corrected chi connectivity index (χ4v) is 2.52. The average molecular weight is 348 g/mol. The van der Waals surface area contributed by atoms with Crippen molar-refractivity contribution < 1.29 is 19.0 Å². The second-order valence-electron chi connectivity index (χ2n) is 5.70. The molecular formula is C22H20O4. The van der Waals surface area contributed by atoms with Crippen LogP contribution >= 0.6 is 0 Å². The smallest absolute Gasteiger partial charge is 0.157 e. The van der Waals surface area contributed by atoms with Gasteiger partial charge in [0.1, 0.15) is 30.5 Å². The number of benzene rings is 3. The fourth-order valence-electron chi connectivity index (χ4n) is 2.52. The number of methoxy groups -OCH3 is 1. The number of hydrogen-bond donors (Lipinski definition) is 0. The molecule has 0 aliphatic rings. The Bertz CT molecular complexity index is 780. The maximum atomic E-state index is 11.7. The molecule has 0 fully saturated rings. The van der Waals surface area contributed by atoms with E-state index >= 15 is 0 Å². The Morgan fingerprint density at radius 3 is 1.62 bits per heavy atom. The van der Waals surface area contributed by atoms with Gasteiger partial charge in [-0.2, -0.15) is 0 Å². The second-order valence-corrected chi connectivity index (χ2v) is 5.70. The summed E-state index contributed by atoms with van der Waals surface area (Å²) in [4.78, 5) is 11.7. The minimum absolute atomic E-state index is 0.354. The lowest BCUT2D eigenvalue weighted by molar-refractivity contribution is 0.111. The summed E-state index contributed by atoms with van der Waals surface area (Å²) in [6, 6.07) is 22.9. The van der Waals surface area contributed by atoms with Crippen LogP contribution in [0.15, 0.2) is 72.8 Å². The Morgan fingerprint density at radius 2 is 1.23 bits per heavy atom. The van der Waals surface area contributed by atoms with Gasteiger partial charge in [0.15, 0.2) is 6.29 Å². The third-order valence-electron chi connectivity index (χ3n) is 3.91. The summed E-state index contributed by atoms with van der Waals surface area (Å²) in [7, 11) is 1.57. The summed E-state index contributed by atoms with van der Waals surface area (Å²) >= 11 is 0. The van der Waals surface area contributed by atoms with E-state index in [4.69, 9.17) is 14.2 Å². The van der Waals surface area contributed by atoms with Crippen LogP contribution < -0.4 is 14.2 Å². The number of carbonyl (C=O) groups is 1. The molecule has 4 heteroatoms. The lowest BCUT2D eigenvalue weighted by Crippen LogP contribution is -2.03. The molecule has 132 valence electrons. The van der Waals surface area contributed by atoms with E-state index in [2.05, 4.69) is 0 Å². The summed E-state index contributed by atoms with van der Waals surface area (Å²) in [5.41, 5.74) is 2.40. The molecule has 4 nitrogen and oxygen atoms in total. The first-order valence-electron chi connectivity index (χ1n) is 8.31. The van der Waals surface area contributed by atoms with Crippen molar-refractivity contribution in [2.45, 2.75) is 13.2 Å². The van der Waals surface area contributed by atoms with E-state index in [1.165, 1.54) is 0 Å². The molecule has 0 heterocycles. The van der Waals surface area contributed by atoms with Crippen LogP contribution in [-0.4, -0.2) is 13.4 Å². The van der Waals surface area contributed by atoms with Crippen molar-refractivity contribution in [3.63, 3.8) is 0 Å². The van der Waals surface area contributed by atoms with Gasteiger partial charge in [-0.25, -0.2) is 0 Å². The molecule has 0 amide bonds. The molecule has 0 bridgehead atoms. The van der Waals surface area contributed by atoms with Crippen molar-refractivity contribution in [3.05, 3.63) is 89.5 Å². The van der Waals surface area contributed by atoms with Gasteiger partial charge in [0.25, 0.3) is 0 Å². The highest BCUT2D eigenvalue weighted by molar-refractivity contribution is 5.84. The van der Waals surface area contributed by atoms with Gasteiger partial charge < -0.3 is 14.2 Å². The molecule has 0 radical (unpaired) electrons. The lowest BCUT2D eigenvalue weighted by atomic mass is 10.1. The van der Waals surface area contributed by atoms with Crippen molar-refractivity contribution in [1.82, 2.24) is 0 Å². The average Bonchev–Trinajstić information content (AvgIpc) is 2.71. The van der Waals surface area contributed by atoms with E-state index in [9.17, 15) is 4.79 Å². The Hall–Kier alpha value is -3.27. The number of rotatable bonds is 8. The Labute approximate surface area is 153 Å². The molecule has 0 atom stereocenters. The minimum atomic E-state index is 0.354. The van der Waals surface area contributed by atoms with Gasteiger partial charge in [-0.1, -0.05) is 60.7 Å². The third kappa shape index (κ3) is 4.42. The largest absolute Gasteiger partial charge is 0.496 e. The van der Waals surface area contributed by atoms with E-state index in [1.807, 2.05) is 60.7 Å². The molecule has 0 unspecified atom stereocenters. The summed E-state index contributed by atoms with van der Waals surface area (Å²) < 4.78 is 17.0. The van der Waals surface area contributed by atoms with Crippen molar-refractivity contribution in [3.8, 4) is 17.2 Å². The molecule has 26 heavy (non-hydrogen) atoms. The maximum absolute atomic E-state index is 11.7. The standard InChI is InChI=1S/C22H20O4/c1-24-19-12-21(25-15-17-8-4-2-5-9-17)20(14-23)22(13-19)26-16-18-10-6-3-7-11-18/h2-14H,15-16H2,1H3. The molecule has 0 saturated carbocycles. The predicted molar refractivity (Wildman–Crippen MR) is 99.9 cm³/mol. The Balaban J connectivity index is 1.82. The van der Waals surface area contributed by atoms with Crippen molar-refractivity contribution in [2.24, 2.45) is 0 Å². The zero-order chi connectivity index (χ0) is 18.2. The van der Waals surface area contributed by atoms with Gasteiger partial charge in [-0.3, -0.25) is 4.79 Å². The summed E-state index contributed by atoms with van der Waals surface area (Å²) in [6.07, 6.45) is 0.750. The second kappa shape index (κ2) is 8.72. The molecule has 0 aromatic heterocycles. The van der Waals surface area contributed by atoms with E-state index in [0.29, 0.717) is 36.0 Å². The van der Waals surface area contributed by atoms with Crippen LogP contribution in [0.3, 0.4) is 0 Å².